The van der Waals surface area contributed by atoms with Crippen LogP contribution in [0.2, 0.25) is 0 Å². The molecular formula is C10H15N3O. The van der Waals surface area contributed by atoms with Crippen LogP contribution in [0.15, 0.2) is 18.5 Å². The van der Waals surface area contributed by atoms with Gasteiger partial charge in [0.2, 0.25) is 0 Å². The van der Waals surface area contributed by atoms with E-state index in [1.54, 1.807) is 12.4 Å². The summed E-state index contributed by atoms with van der Waals surface area (Å²) in [5.41, 5.74) is 6.88. The first-order chi connectivity index (χ1) is 6.75. The molecule has 76 valence electrons. The SMILES string of the molecule is Cc1ccncc1C(=O)NCCCN. The zero-order valence-electron chi connectivity index (χ0n) is 8.29. The second-order valence-electron chi connectivity index (χ2n) is 3.09. The maximum atomic E-state index is 11.5. The Hall–Kier alpha value is -1.42. The number of hydrogen-bond donors (Lipinski definition) is 2. The molecule has 1 aromatic heterocycles. The molecule has 0 radical (unpaired) electrons. The molecule has 4 nitrogen and oxygen atoms in total. The summed E-state index contributed by atoms with van der Waals surface area (Å²) in [6.07, 6.45) is 4.05. The summed E-state index contributed by atoms with van der Waals surface area (Å²) in [6.45, 7) is 3.09. The molecule has 0 spiro atoms. The van der Waals surface area contributed by atoms with E-state index in [0.29, 0.717) is 18.7 Å². The number of aryl methyl sites for hydroxylation is 1. The number of nitrogens with zero attached hydrogens (tertiary/aromatic N) is 1. The van der Waals surface area contributed by atoms with Gasteiger partial charge in [-0.15, -0.1) is 0 Å². The Morgan fingerprint density at radius 2 is 2.43 bits per heavy atom. The highest BCUT2D eigenvalue weighted by molar-refractivity contribution is 5.95. The van der Waals surface area contributed by atoms with Crippen molar-refractivity contribution < 1.29 is 4.79 Å². The highest BCUT2D eigenvalue weighted by Gasteiger charge is 2.06. The van der Waals surface area contributed by atoms with Gasteiger partial charge in [0.15, 0.2) is 0 Å². The van der Waals surface area contributed by atoms with Crippen LogP contribution >= 0.6 is 0 Å². The van der Waals surface area contributed by atoms with Crippen molar-refractivity contribution in [2.24, 2.45) is 5.73 Å². The number of aromatic nitrogens is 1. The van der Waals surface area contributed by atoms with Crippen LogP contribution in [0.4, 0.5) is 0 Å². The van der Waals surface area contributed by atoms with Crippen LogP contribution in [0.1, 0.15) is 22.3 Å². The topological polar surface area (TPSA) is 68.0 Å². The Balaban J connectivity index is 2.56. The fraction of sp³-hybridized carbons (Fsp3) is 0.400. The number of nitrogens with one attached hydrogen (secondary N) is 1. The van der Waals surface area contributed by atoms with Gasteiger partial charge in [-0.3, -0.25) is 9.78 Å². The number of carbonyl (C=O) groups is 1. The summed E-state index contributed by atoms with van der Waals surface area (Å²) in [5, 5.41) is 2.78. The van der Waals surface area contributed by atoms with E-state index in [1.807, 2.05) is 13.0 Å². The molecule has 1 heterocycles. The minimum Gasteiger partial charge on any atom is -0.352 e. The number of hydrogen-bond acceptors (Lipinski definition) is 3. The van der Waals surface area contributed by atoms with Gasteiger partial charge in [0.1, 0.15) is 0 Å². The molecule has 0 aromatic carbocycles. The molecule has 4 heteroatoms. The minimum absolute atomic E-state index is 0.0796. The second kappa shape index (κ2) is 5.34. The first-order valence-corrected chi connectivity index (χ1v) is 4.64. The van der Waals surface area contributed by atoms with E-state index in [4.69, 9.17) is 5.73 Å². The molecule has 0 aliphatic rings. The van der Waals surface area contributed by atoms with Crippen molar-refractivity contribution >= 4 is 5.91 Å². The van der Waals surface area contributed by atoms with Crippen LogP contribution in [-0.2, 0) is 0 Å². The van der Waals surface area contributed by atoms with Crippen molar-refractivity contribution in [2.75, 3.05) is 13.1 Å². The van der Waals surface area contributed by atoms with Gasteiger partial charge in [0, 0.05) is 18.9 Å². The Bertz CT molecular complexity index is 312. The van der Waals surface area contributed by atoms with Crippen molar-refractivity contribution in [3.8, 4) is 0 Å². The fourth-order valence-electron chi connectivity index (χ4n) is 1.10. The predicted octanol–water partition coefficient (Wildman–Crippen LogP) is 0.469. The third-order valence-electron chi connectivity index (χ3n) is 1.95. The first kappa shape index (κ1) is 10.7. The van der Waals surface area contributed by atoms with Crippen molar-refractivity contribution in [1.82, 2.24) is 10.3 Å². The normalized spacial score (nSPS) is 9.86. The molecule has 0 aliphatic heterocycles. The molecule has 0 bridgehead atoms. The summed E-state index contributed by atoms with van der Waals surface area (Å²) < 4.78 is 0. The molecule has 0 saturated heterocycles. The van der Waals surface area contributed by atoms with Crippen LogP contribution in [0, 0.1) is 6.92 Å². The fourth-order valence-corrected chi connectivity index (χ4v) is 1.10. The molecule has 0 unspecified atom stereocenters. The molecule has 1 aromatic rings. The first-order valence-electron chi connectivity index (χ1n) is 4.64. The van der Waals surface area contributed by atoms with Crippen molar-refractivity contribution in [3.05, 3.63) is 29.6 Å². The van der Waals surface area contributed by atoms with E-state index in [0.717, 1.165) is 12.0 Å². The van der Waals surface area contributed by atoms with Gasteiger partial charge in [-0.05, 0) is 31.5 Å². The summed E-state index contributed by atoms with van der Waals surface area (Å²) in [5.74, 6) is -0.0796. The summed E-state index contributed by atoms with van der Waals surface area (Å²) >= 11 is 0. The Kier molecular flexibility index (Phi) is 4.07. The van der Waals surface area contributed by atoms with E-state index < -0.39 is 0 Å². The minimum atomic E-state index is -0.0796. The second-order valence-corrected chi connectivity index (χ2v) is 3.09. The maximum absolute atomic E-state index is 11.5. The lowest BCUT2D eigenvalue weighted by Gasteiger charge is -2.05. The third-order valence-corrected chi connectivity index (χ3v) is 1.95. The summed E-state index contributed by atoms with van der Waals surface area (Å²) in [6, 6.07) is 1.82. The zero-order valence-corrected chi connectivity index (χ0v) is 8.29. The van der Waals surface area contributed by atoms with Crippen LogP contribution in [0.25, 0.3) is 0 Å². The summed E-state index contributed by atoms with van der Waals surface area (Å²) in [4.78, 5) is 15.5. The Labute approximate surface area is 83.5 Å². The molecule has 0 fully saturated rings. The summed E-state index contributed by atoms with van der Waals surface area (Å²) in [7, 11) is 0. The number of pyridine rings is 1. The molecule has 1 rings (SSSR count). The average molecular weight is 193 g/mol. The highest BCUT2D eigenvalue weighted by Crippen LogP contribution is 2.03. The van der Waals surface area contributed by atoms with Crippen molar-refractivity contribution in [3.63, 3.8) is 0 Å². The van der Waals surface area contributed by atoms with Gasteiger partial charge < -0.3 is 11.1 Å². The Morgan fingerprint density at radius 1 is 1.64 bits per heavy atom. The highest BCUT2D eigenvalue weighted by atomic mass is 16.1. The average Bonchev–Trinajstić information content (AvgIpc) is 2.18. The molecule has 3 N–H and O–H groups in total. The van der Waals surface area contributed by atoms with Crippen molar-refractivity contribution in [1.29, 1.82) is 0 Å². The van der Waals surface area contributed by atoms with Gasteiger partial charge in [-0.2, -0.15) is 0 Å². The van der Waals surface area contributed by atoms with Gasteiger partial charge in [0.25, 0.3) is 5.91 Å². The lowest BCUT2D eigenvalue weighted by molar-refractivity contribution is 0.0952. The predicted molar refractivity (Wildman–Crippen MR) is 55.0 cm³/mol. The zero-order chi connectivity index (χ0) is 10.4. The number of nitrogens with two attached hydrogens (primary N) is 1. The lowest BCUT2D eigenvalue weighted by atomic mass is 10.1. The molecule has 0 atom stereocenters. The van der Waals surface area contributed by atoms with E-state index in [-0.39, 0.29) is 5.91 Å². The molecular weight excluding hydrogens is 178 g/mol. The number of amides is 1. The van der Waals surface area contributed by atoms with Crippen LogP contribution in [0.5, 0.6) is 0 Å². The van der Waals surface area contributed by atoms with Gasteiger partial charge in [-0.1, -0.05) is 0 Å². The third kappa shape index (κ3) is 2.81. The maximum Gasteiger partial charge on any atom is 0.253 e. The monoisotopic (exact) mass is 193 g/mol. The molecule has 1 amide bonds. The smallest absolute Gasteiger partial charge is 0.253 e. The van der Waals surface area contributed by atoms with E-state index in [2.05, 4.69) is 10.3 Å². The van der Waals surface area contributed by atoms with Gasteiger partial charge in [-0.25, -0.2) is 0 Å². The van der Waals surface area contributed by atoms with Crippen molar-refractivity contribution in [2.45, 2.75) is 13.3 Å². The number of carbonyl (C=O) groups excluding carboxylic acids is 1. The number of rotatable bonds is 4. The van der Waals surface area contributed by atoms with Crippen LogP contribution < -0.4 is 11.1 Å². The lowest BCUT2D eigenvalue weighted by Crippen LogP contribution is -2.26. The van der Waals surface area contributed by atoms with Gasteiger partial charge in [0.05, 0.1) is 5.56 Å². The molecule has 0 saturated carbocycles. The van der Waals surface area contributed by atoms with E-state index >= 15 is 0 Å². The standard InChI is InChI=1S/C10H15N3O/c1-8-3-6-12-7-9(8)10(14)13-5-2-4-11/h3,6-7H,2,4-5,11H2,1H3,(H,13,14). The Morgan fingerprint density at radius 3 is 3.07 bits per heavy atom. The van der Waals surface area contributed by atoms with Crippen LogP contribution in [0.3, 0.4) is 0 Å². The van der Waals surface area contributed by atoms with Crippen LogP contribution in [-0.4, -0.2) is 24.0 Å². The molecule has 0 aliphatic carbocycles. The largest absolute Gasteiger partial charge is 0.352 e. The van der Waals surface area contributed by atoms with E-state index in [1.165, 1.54) is 0 Å². The quantitative estimate of drug-likeness (QED) is 0.683. The van der Waals surface area contributed by atoms with Gasteiger partial charge >= 0.3 is 0 Å². The van der Waals surface area contributed by atoms with E-state index in [9.17, 15) is 4.79 Å². The molecule has 14 heavy (non-hydrogen) atoms.